The maximum atomic E-state index is 8.14. The van der Waals surface area contributed by atoms with Gasteiger partial charge in [0.1, 0.15) is 0 Å². The van der Waals surface area contributed by atoms with E-state index >= 15 is 0 Å². The normalized spacial score (nSPS) is 7.71. The number of hydrogen-bond acceptors (Lipinski definition) is 2. The van der Waals surface area contributed by atoms with Crippen LogP contribution < -0.4 is 0 Å². The van der Waals surface area contributed by atoms with Crippen molar-refractivity contribution in [2.45, 2.75) is 13.8 Å². The minimum absolute atomic E-state index is 0.306. The number of aliphatic hydroxyl groups is 2. The lowest BCUT2D eigenvalue weighted by molar-refractivity contribution is 0.248. The number of aliphatic hydroxyl groups excluding tert-OH is 2. The molecule has 0 spiro atoms. The van der Waals surface area contributed by atoms with Crippen molar-refractivity contribution >= 4 is 0 Å². The lowest BCUT2D eigenvalue weighted by Crippen LogP contribution is -1.90. The Morgan fingerprint density at radius 3 is 1.43 bits per heavy atom. The first-order valence-electron chi connectivity index (χ1n) is 2.33. The Morgan fingerprint density at radius 2 is 1.43 bits per heavy atom. The smallest absolute Gasteiger partial charge is 0.0453 e. The van der Waals surface area contributed by atoms with Crippen LogP contribution >= 0.6 is 0 Å². The Morgan fingerprint density at radius 1 is 1.29 bits per heavy atom. The monoisotopic (exact) mass is 106 g/mol. The zero-order chi connectivity index (χ0) is 6.28. The van der Waals surface area contributed by atoms with Crippen LogP contribution in [0.3, 0.4) is 0 Å². The summed E-state index contributed by atoms with van der Waals surface area (Å²) in [5.74, 6) is 0.440. The maximum absolute atomic E-state index is 8.14. The van der Waals surface area contributed by atoms with E-state index in [-0.39, 0.29) is 0 Å². The molecule has 0 aliphatic heterocycles. The second-order valence-corrected chi connectivity index (χ2v) is 1.58. The van der Waals surface area contributed by atoms with Crippen LogP contribution in [0, 0.1) is 5.92 Å². The molecule has 0 fully saturated rings. The molecule has 0 bridgehead atoms. The van der Waals surface area contributed by atoms with Crippen LogP contribution in [0.5, 0.6) is 0 Å². The molecule has 0 saturated heterocycles. The van der Waals surface area contributed by atoms with Crippen molar-refractivity contribution in [1.82, 2.24) is 0 Å². The van der Waals surface area contributed by atoms with E-state index in [4.69, 9.17) is 10.2 Å². The van der Waals surface area contributed by atoms with Gasteiger partial charge in [0, 0.05) is 13.7 Å². The van der Waals surface area contributed by atoms with Gasteiger partial charge in [0.05, 0.1) is 0 Å². The predicted octanol–water partition coefficient (Wildman–Crippen LogP) is 0.243. The van der Waals surface area contributed by atoms with Crippen LogP contribution in [0.2, 0.25) is 0 Å². The number of hydrogen-bond donors (Lipinski definition) is 2. The van der Waals surface area contributed by atoms with Gasteiger partial charge in [-0.15, -0.1) is 0 Å². The number of rotatable bonds is 1. The third-order valence-corrected chi connectivity index (χ3v) is 0.365. The third-order valence-electron chi connectivity index (χ3n) is 0.365. The van der Waals surface area contributed by atoms with Crippen molar-refractivity contribution in [1.29, 1.82) is 0 Å². The molecule has 46 valence electrons. The molecule has 0 aliphatic carbocycles. The highest BCUT2D eigenvalue weighted by atomic mass is 16.3. The van der Waals surface area contributed by atoms with Crippen LogP contribution in [0.15, 0.2) is 0 Å². The quantitative estimate of drug-likeness (QED) is 0.503. The van der Waals surface area contributed by atoms with Gasteiger partial charge in [-0.05, 0) is 5.92 Å². The van der Waals surface area contributed by atoms with Crippen LogP contribution in [0.4, 0.5) is 0 Å². The van der Waals surface area contributed by atoms with Crippen molar-refractivity contribution in [3.63, 3.8) is 0 Å². The summed E-state index contributed by atoms with van der Waals surface area (Å²) in [6.07, 6.45) is 0. The molecule has 0 atom stereocenters. The highest BCUT2D eigenvalue weighted by molar-refractivity contribution is 4.32. The minimum Gasteiger partial charge on any atom is -0.400 e. The maximum Gasteiger partial charge on any atom is 0.0453 e. The van der Waals surface area contributed by atoms with Crippen molar-refractivity contribution in [2.75, 3.05) is 13.7 Å². The average molecular weight is 106 g/mol. The highest BCUT2D eigenvalue weighted by Crippen LogP contribution is 1.83. The Kier molecular flexibility index (Phi) is 13.3. The van der Waals surface area contributed by atoms with Gasteiger partial charge in [0.25, 0.3) is 0 Å². The van der Waals surface area contributed by atoms with E-state index in [2.05, 4.69) is 0 Å². The lowest BCUT2D eigenvalue weighted by atomic mass is 10.2. The zero-order valence-electron chi connectivity index (χ0n) is 5.18. The molecular formula is C5H14O2. The highest BCUT2D eigenvalue weighted by Gasteiger charge is 1.81. The molecule has 2 N–H and O–H groups in total. The molecule has 0 amide bonds. The molecule has 0 rings (SSSR count). The van der Waals surface area contributed by atoms with Gasteiger partial charge in [-0.3, -0.25) is 0 Å². The van der Waals surface area contributed by atoms with Crippen LogP contribution in [0.25, 0.3) is 0 Å². The first kappa shape index (κ1) is 10.0. The summed E-state index contributed by atoms with van der Waals surface area (Å²) in [6.45, 7) is 4.25. The van der Waals surface area contributed by atoms with Gasteiger partial charge >= 0.3 is 0 Å². The Bertz CT molecular complexity index is 20.0. The van der Waals surface area contributed by atoms with Gasteiger partial charge in [-0.25, -0.2) is 0 Å². The predicted molar refractivity (Wildman–Crippen MR) is 30.1 cm³/mol. The fraction of sp³-hybridized carbons (Fsp3) is 1.00. The third kappa shape index (κ3) is 24.7. The van der Waals surface area contributed by atoms with Gasteiger partial charge in [0.15, 0.2) is 0 Å². The van der Waals surface area contributed by atoms with Gasteiger partial charge in [-0.1, -0.05) is 13.8 Å². The van der Waals surface area contributed by atoms with E-state index in [0.717, 1.165) is 7.11 Å². The fourth-order valence-electron chi connectivity index (χ4n) is 0. The molecule has 0 aromatic carbocycles. The van der Waals surface area contributed by atoms with Crippen molar-refractivity contribution in [3.05, 3.63) is 0 Å². The molecule has 2 heteroatoms. The summed E-state index contributed by atoms with van der Waals surface area (Å²) in [5, 5.41) is 15.1. The summed E-state index contributed by atoms with van der Waals surface area (Å²) in [4.78, 5) is 0. The van der Waals surface area contributed by atoms with E-state index in [1.165, 1.54) is 0 Å². The van der Waals surface area contributed by atoms with E-state index in [1.807, 2.05) is 13.8 Å². The minimum atomic E-state index is 0.306. The fourth-order valence-corrected chi connectivity index (χ4v) is 0. The SMILES string of the molecule is CC(C)CO.CO. The molecule has 0 radical (unpaired) electrons. The van der Waals surface area contributed by atoms with Crippen LogP contribution in [-0.4, -0.2) is 23.9 Å². The van der Waals surface area contributed by atoms with Gasteiger partial charge in [-0.2, -0.15) is 0 Å². The molecular weight excluding hydrogens is 92.1 g/mol. The molecule has 0 aromatic heterocycles. The average Bonchev–Trinajstić information content (AvgIpc) is 1.73. The van der Waals surface area contributed by atoms with E-state index < -0.39 is 0 Å². The lowest BCUT2D eigenvalue weighted by Gasteiger charge is -1.90. The Labute approximate surface area is 44.8 Å². The summed E-state index contributed by atoms with van der Waals surface area (Å²) in [5.41, 5.74) is 0. The summed E-state index contributed by atoms with van der Waals surface area (Å²) >= 11 is 0. The van der Waals surface area contributed by atoms with E-state index in [0.29, 0.717) is 12.5 Å². The molecule has 0 aliphatic rings. The topological polar surface area (TPSA) is 40.5 Å². The van der Waals surface area contributed by atoms with E-state index in [1.54, 1.807) is 0 Å². The first-order valence-corrected chi connectivity index (χ1v) is 2.33. The first-order chi connectivity index (χ1) is 3.27. The Balaban J connectivity index is 0. The second kappa shape index (κ2) is 9.33. The van der Waals surface area contributed by atoms with Crippen molar-refractivity contribution < 1.29 is 10.2 Å². The molecule has 0 saturated carbocycles. The van der Waals surface area contributed by atoms with E-state index in [9.17, 15) is 0 Å². The molecule has 0 aromatic rings. The van der Waals surface area contributed by atoms with Crippen LogP contribution in [-0.2, 0) is 0 Å². The Hall–Kier alpha value is -0.0800. The van der Waals surface area contributed by atoms with Gasteiger partial charge < -0.3 is 10.2 Å². The largest absolute Gasteiger partial charge is 0.400 e. The summed E-state index contributed by atoms with van der Waals surface area (Å²) < 4.78 is 0. The van der Waals surface area contributed by atoms with Crippen LogP contribution in [0.1, 0.15) is 13.8 Å². The molecule has 7 heavy (non-hydrogen) atoms. The van der Waals surface area contributed by atoms with Crippen molar-refractivity contribution in [3.8, 4) is 0 Å². The molecule has 2 nitrogen and oxygen atoms in total. The molecule has 0 heterocycles. The summed E-state index contributed by atoms with van der Waals surface area (Å²) in [7, 11) is 1.00. The van der Waals surface area contributed by atoms with Crippen molar-refractivity contribution in [2.24, 2.45) is 5.92 Å². The second-order valence-electron chi connectivity index (χ2n) is 1.58. The van der Waals surface area contributed by atoms with Gasteiger partial charge in [0.2, 0.25) is 0 Å². The zero-order valence-corrected chi connectivity index (χ0v) is 5.18. The standard InChI is InChI=1S/C4H10O.CH4O/c1-4(2)3-5;1-2/h4-5H,3H2,1-2H3;2H,1H3. The molecule has 0 unspecified atom stereocenters. The summed E-state index contributed by atoms with van der Waals surface area (Å²) in [6, 6.07) is 0.